The Labute approximate surface area is 163 Å². The molecule has 6 nitrogen and oxygen atoms in total. The number of fused-ring (bicyclic) bond motifs is 1. The van der Waals surface area contributed by atoms with E-state index in [1.165, 1.54) is 5.52 Å². The van der Waals surface area contributed by atoms with Crippen LogP contribution in [0.4, 0.5) is 0 Å². The first kappa shape index (κ1) is 18.0. The van der Waals surface area contributed by atoms with Crippen molar-refractivity contribution in [3.05, 3.63) is 78.1 Å². The molecular formula is C22H23N5O. The standard InChI is InChI=1S/C22H23N5O/c1-2-12-26-15-18(17-10-6-7-11-20(17)26)19-13-21(22(28)24-23)27(25-19)14-16-8-4-3-5-9-16/h3-11,13,15H,2,12,14,23H2,1H3,(H,24,28). The number of hydrogen-bond donors (Lipinski definition) is 2. The molecule has 0 aliphatic heterocycles. The summed E-state index contributed by atoms with van der Waals surface area (Å²) in [5.41, 5.74) is 6.68. The molecule has 0 unspecified atom stereocenters. The van der Waals surface area contributed by atoms with Crippen LogP contribution >= 0.6 is 0 Å². The maximum atomic E-state index is 12.3. The lowest BCUT2D eigenvalue weighted by molar-refractivity contribution is 0.0943. The molecule has 0 aliphatic rings. The first-order chi connectivity index (χ1) is 13.7. The van der Waals surface area contributed by atoms with Crippen molar-refractivity contribution >= 4 is 16.8 Å². The van der Waals surface area contributed by atoms with E-state index in [0.717, 1.165) is 35.2 Å². The van der Waals surface area contributed by atoms with Crippen molar-refractivity contribution in [2.45, 2.75) is 26.4 Å². The predicted molar refractivity (Wildman–Crippen MR) is 111 cm³/mol. The number of carbonyl (C=O) groups excluding carboxylic acids is 1. The van der Waals surface area contributed by atoms with Crippen LogP contribution in [0, 0.1) is 0 Å². The number of nitrogens with two attached hydrogens (primary N) is 1. The molecule has 4 aromatic rings. The third kappa shape index (κ3) is 3.30. The molecule has 2 aromatic carbocycles. The average molecular weight is 373 g/mol. The smallest absolute Gasteiger partial charge is 0.283 e. The number of nitrogens with zero attached hydrogens (tertiary/aromatic N) is 3. The Morgan fingerprint density at radius 2 is 1.86 bits per heavy atom. The van der Waals surface area contributed by atoms with Crippen molar-refractivity contribution in [3.63, 3.8) is 0 Å². The Kier molecular flexibility index (Phi) is 4.95. The van der Waals surface area contributed by atoms with Crippen LogP contribution in [-0.2, 0) is 13.1 Å². The number of aromatic nitrogens is 3. The van der Waals surface area contributed by atoms with Gasteiger partial charge in [0.1, 0.15) is 5.69 Å². The van der Waals surface area contributed by atoms with E-state index in [4.69, 9.17) is 10.9 Å². The molecule has 0 saturated carbocycles. The molecule has 28 heavy (non-hydrogen) atoms. The summed E-state index contributed by atoms with van der Waals surface area (Å²) in [6, 6.07) is 20.0. The van der Waals surface area contributed by atoms with Crippen molar-refractivity contribution in [1.82, 2.24) is 19.8 Å². The first-order valence-corrected chi connectivity index (χ1v) is 9.42. The van der Waals surface area contributed by atoms with Gasteiger partial charge in [-0.1, -0.05) is 55.5 Å². The number of aryl methyl sites for hydroxylation is 1. The number of rotatable bonds is 6. The third-order valence-electron chi connectivity index (χ3n) is 4.85. The van der Waals surface area contributed by atoms with E-state index >= 15 is 0 Å². The van der Waals surface area contributed by atoms with Gasteiger partial charge >= 0.3 is 0 Å². The summed E-state index contributed by atoms with van der Waals surface area (Å²) >= 11 is 0. The lowest BCUT2D eigenvalue weighted by Crippen LogP contribution is -2.32. The minimum atomic E-state index is -0.355. The Morgan fingerprint density at radius 1 is 1.11 bits per heavy atom. The van der Waals surface area contributed by atoms with Gasteiger partial charge < -0.3 is 4.57 Å². The molecule has 2 heterocycles. The van der Waals surface area contributed by atoms with Crippen LogP contribution in [0.1, 0.15) is 29.4 Å². The van der Waals surface area contributed by atoms with E-state index in [1.54, 1.807) is 4.68 Å². The number of carbonyl (C=O) groups is 1. The van der Waals surface area contributed by atoms with E-state index in [-0.39, 0.29) is 5.91 Å². The second-order valence-corrected chi connectivity index (χ2v) is 6.78. The monoisotopic (exact) mass is 373 g/mol. The molecule has 0 saturated heterocycles. The molecule has 0 spiro atoms. The summed E-state index contributed by atoms with van der Waals surface area (Å²) < 4.78 is 3.95. The Balaban J connectivity index is 1.83. The fourth-order valence-corrected chi connectivity index (χ4v) is 3.56. The molecule has 2 aromatic heterocycles. The van der Waals surface area contributed by atoms with E-state index < -0.39 is 0 Å². The Bertz CT molecular complexity index is 1110. The van der Waals surface area contributed by atoms with Gasteiger partial charge in [0, 0.05) is 29.2 Å². The van der Waals surface area contributed by atoms with E-state index in [2.05, 4.69) is 35.2 Å². The summed E-state index contributed by atoms with van der Waals surface area (Å²) in [6.45, 7) is 3.59. The number of nitrogens with one attached hydrogen (secondary N) is 1. The Hall–Kier alpha value is -3.38. The molecule has 0 aliphatic carbocycles. The van der Waals surface area contributed by atoms with Crippen LogP contribution < -0.4 is 11.3 Å². The topological polar surface area (TPSA) is 77.9 Å². The maximum Gasteiger partial charge on any atom is 0.283 e. The van der Waals surface area contributed by atoms with Crippen molar-refractivity contribution in [2.24, 2.45) is 5.84 Å². The molecule has 142 valence electrons. The fraction of sp³-hybridized carbons (Fsp3) is 0.182. The van der Waals surface area contributed by atoms with Gasteiger partial charge in [0.05, 0.1) is 12.2 Å². The van der Waals surface area contributed by atoms with Crippen LogP contribution in [0.25, 0.3) is 22.2 Å². The lowest BCUT2D eigenvalue weighted by atomic mass is 10.1. The van der Waals surface area contributed by atoms with Gasteiger partial charge in [-0.25, -0.2) is 5.84 Å². The highest BCUT2D eigenvalue weighted by Gasteiger charge is 2.18. The zero-order valence-corrected chi connectivity index (χ0v) is 15.8. The largest absolute Gasteiger partial charge is 0.347 e. The quantitative estimate of drug-likeness (QED) is 0.308. The molecule has 0 atom stereocenters. The van der Waals surface area contributed by atoms with Gasteiger partial charge in [0.2, 0.25) is 0 Å². The number of hydrazine groups is 1. The first-order valence-electron chi connectivity index (χ1n) is 9.42. The molecular weight excluding hydrogens is 350 g/mol. The molecule has 0 bridgehead atoms. The minimum Gasteiger partial charge on any atom is -0.347 e. The van der Waals surface area contributed by atoms with Gasteiger partial charge in [-0.2, -0.15) is 5.10 Å². The van der Waals surface area contributed by atoms with Crippen LogP contribution in [0.15, 0.2) is 66.9 Å². The Morgan fingerprint density at radius 3 is 2.61 bits per heavy atom. The normalized spacial score (nSPS) is 11.1. The van der Waals surface area contributed by atoms with Crippen LogP contribution in [0.5, 0.6) is 0 Å². The van der Waals surface area contributed by atoms with E-state index in [9.17, 15) is 4.79 Å². The summed E-state index contributed by atoms with van der Waals surface area (Å²) in [4.78, 5) is 12.3. The molecule has 0 fully saturated rings. The number of benzene rings is 2. The molecule has 6 heteroatoms. The maximum absolute atomic E-state index is 12.3. The van der Waals surface area contributed by atoms with Crippen molar-refractivity contribution < 1.29 is 4.79 Å². The van der Waals surface area contributed by atoms with E-state index in [0.29, 0.717) is 12.2 Å². The molecule has 3 N–H and O–H groups in total. The van der Waals surface area contributed by atoms with Gasteiger partial charge in [0.25, 0.3) is 5.91 Å². The zero-order valence-electron chi connectivity index (χ0n) is 15.8. The van der Waals surface area contributed by atoms with E-state index in [1.807, 2.05) is 48.5 Å². The highest BCUT2D eigenvalue weighted by molar-refractivity contribution is 5.98. The second kappa shape index (κ2) is 7.70. The molecule has 4 rings (SSSR count). The molecule has 0 radical (unpaired) electrons. The van der Waals surface area contributed by atoms with Crippen molar-refractivity contribution in [3.8, 4) is 11.3 Å². The fourth-order valence-electron chi connectivity index (χ4n) is 3.56. The summed E-state index contributed by atoms with van der Waals surface area (Å²) in [6.07, 6.45) is 3.16. The number of nitrogen functional groups attached to an aromatic ring is 1. The predicted octanol–water partition coefficient (Wildman–Crippen LogP) is 3.57. The average Bonchev–Trinajstić information content (AvgIpc) is 3.30. The SMILES string of the molecule is CCCn1cc(-c2cc(C(=O)NN)n(Cc3ccccc3)n2)c2ccccc21. The van der Waals surface area contributed by atoms with Gasteiger partial charge in [0.15, 0.2) is 0 Å². The zero-order chi connectivity index (χ0) is 19.5. The minimum absolute atomic E-state index is 0.355. The van der Waals surface area contributed by atoms with Gasteiger partial charge in [-0.15, -0.1) is 0 Å². The van der Waals surface area contributed by atoms with Crippen molar-refractivity contribution in [1.29, 1.82) is 0 Å². The van der Waals surface area contributed by atoms with Crippen LogP contribution in [-0.4, -0.2) is 20.3 Å². The highest BCUT2D eigenvalue weighted by Crippen LogP contribution is 2.30. The summed E-state index contributed by atoms with van der Waals surface area (Å²) in [5.74, 6) is 5.05. The summed E-state index contributed by atoms with van der Waals surface area (Å²) in [7, 11) is 0. The third-order valence-corrected chi connectivity index (χ3v) is 4.85. The lowest BCUT2D eigenvalue weighted by Gasteiger charge is -2.06. The van der Waals surface area contributed by atoms with Crippen LogP contribution in [0.2, 0.25) is 0 Å². The number of amides is 1. The van der Waals surface area contributed by atoms with Crippen molar-refractivity contribution in [2.75, 3.05) is 0 Å². The van der Waals surface area contributed by atoms with Gasteiger partial charge in [-0.3, -0.25) is 14.9 Å². The number of para-hydroxylation sites is 1. The molecule has 1 amide bonds. The summed E-state index contributed by atoms with van der Waals surface area (Å²) in [5, 5.41) is 5.88. The highest BCUT2D eigenvalue weighted by atomic mass is 16.2. The van der Waals surface area contributed by atoms with Gasteiger partial charge in [-0.05, 0) is 24.1 Å². The van der Waals surface area contributed by atoms with Crippen LogP contribution in [0.3, 0.4) is 0 Å². The second-order valence-electron chi connectivity index (χ2n) is 6.78. The number of hydrogen-bond acceptors (Lipinski definition) is 3.